The maximum atomic E-state index is 9.70. The summed E-state index contributed by atoms with van der Waals surface area (Å²) < 4.78 is 7.83. The Bertz CT molecular complexity index is 76.2. The molecule has 0 heterocycles. The van der Waals surface area contributed by atoms with Gasteiger partial charge >= 0.3 is 57.4 Å². The topological polar surface area (TPSA) is 54.4 Å². The van der Waals surface area contributed by atoms with Gasteiger partial charge in [-0.3, -0.25) is 4.79 Å². The second-order valence-corrected chi connectivity index (χ2v) is 1.49. The normalized spacial score (nSPS) is 6.56. The molecule has 3 nitrogen and oxygen atoms in total. The molecule has 5 heteroatoms. The number of carboxylic acid groups (broad SMARTS) is 1. The van der Waals surface area contributed by atoms with Gasteiger partial charge in [0.15, 0.2) is 12.5 Å². The number of carboxylic acids is 1. The Morgan fingerprint density at radius 2 is 1.56 bits per heavy atom. The van der Waals surface area contributed by atoms with Crippen LogP contribution in [0.5, 0.6) is 0 Å². The first kappa shape index (κ1) is 16.6. The van der Waals surface area contributed by atoms with Gasteiger partial charge in [-0.25, -0.2) is 0 Å². The van der Waals surface area contributed by atoms with Crippen molar-refractivity contribution < 1.29 is 14.1 Å². The second kappa shape index (κ2) is 11.9. The van der Waals surface area contributed by atoms with Gasteiger partial charge in [0, 0.05) is 0 Å². The van der Waals surface area contributed by atoms with Crippen molar-refractivity contribution in [1.82, 2.24) is 0 Å². The fraction of sp³-hybridized carbons (Fsp3) is 0.750. The third kappa shape index (κ3) is 17.6. The first-order valence-corrected chi connectivity index (χ1v) is 2.37. The maximum absolute atomic E-state index is 9.70. The van der Waals surface area contributed by atoms with E-state index in [9.17, 15) is 4.79 Å². The van der Waals surface area contributed by atoms with Gasteiger partial charge in [0.2, 0.25) is 0 Å². The van der Waals surface area contributed by atoms with Crippen molar-refractivity contribution in [1.29, 1.82) is 0 Å². The molecule has 0 radical (unpaired) electrons. The van der Waals surface area contributed by atoms with Crippen LogP contribution in [0.2, 0.25) is 0 Å². The van der Waals surface area contributed by atoms with Crippen molar-refractivity contribution in [3.63, 3.8) is 0 Å². The van der Waals surface area contributed by atoms with E-state index in [2.05, 4.69) is 12.5 Å². The van der Waals surface area contributed by atoms with Crippen LogP contribution in [0, 0.1) is 5.92 Å². The van der Waals surface area contributed by atoms with Gasteiger partial charge in [0.05, 0.1) is 5.92 Å². The predicted octanol–water partition coefficient (Wildman–Crippen LogP) is -0.258. The van der Waals surface area contributed by atoms with E-state index in [0.29, 0.717) is 0 Å². The van der Waals surface area contributed by atoms with Crippen LogP contribution in [0.25, 0.3) is 0 Å². The molecule has 0 aliphatic rings. The van der Waals surface area contributed by atoms with Crippen molar-refractivity contribution in [2.24, 2.45) is 5.92 Å². The molecule has 0 aromatic carbocycles. The van der Waals surface area contributed by atoms with Crippen LogP contribution in [0.1, 0.15) is 13.8 Å². The fourth-order valence-corrected chi connectivity index (χ4v) is 0. The molecule has 0 fully saturated rings. The van der Waals surface area contributed by atoms with Crippen LogP contribution < -0.4 is 0 Å². The summed E-state index contributed by atoms with van der Waals surface area (Å²) in [6.07, 6.45) is 0. The zero-order valence-electron chi connectivity index (χ0n) is 4.75. The first-order valence-electron chi connectivity index (χ1n) is 2.04. The summed E-state index contributed by atoms with van der Waals surface area (Å²) in [4.78, 5) is 9.70. The Hall–Kier alpha value is 1.13. The van der Waals surface area contributed by atoms with E-state index in [-0.39, 0.29) is 57.3 Å². The van der Waals surface area contributed by atoms with Gasteiger partial charge < -0.3 is 5.11 Å². The third-order valence-electron chi connectivity index (χ3n) is 0.494. The summed E-state index contributed by atoms with van der Waals surface area (Å²) in [6, 6.07) is 0. The molecule has 0 spiro atoms. The zero-order valence-corrected chi connectivity index (χ0v) is 5.57. The average molecular weight is 176 g/mol. The van der Waals surface area contributed by atoms with Gasteiger partial charge in [-0.15, -0.1) is 0 Å². The van der Waals surface area contributed by atoms with Crippen molar-refractivity contribution >= 4 is 69.9 Å². The Morgan fingerprint density at radius 1 is 1.44 bits per heavy atom. The number of rotatable bonds is 1. The molecule has 0 rings (SSSR count). The molecule has 0 aliphatic carbocycles. The second-order valence-electron chi connectivity index (χ2n) is 1.49. The summed E-state index contributed by atoms with van der Waals surface area (Å²) in [6.45, 7) is 3.28. The Morgan fingerprint density at radius 3 is 1.56 bits per heavy atom. The molecular weight excluding hydrogens is 167 g/mol. The molecule has 9 heavy (non-hydrogen) atoms. The Balaban J connectivity index is -0.000000109. The molecule has 0 saturated carbocycles. The van der Waals surface area contributed by atoms with E-state index < -0.39 is 5.97 Å². The SMILES string of the molecule is CC(C)C(=O)O.O=S.[KH]. The predicted molar refractivity (Wildman–Crippen MR) is 37.8 cm³/mol. The molecular formula is C4H9KO3S. The monoisotopic (exact) mass is 176 g/mol. The zero-order chi connectivity index (χ0) is 7.15. The molecule has 50 valence electrons. The molecule has 1 N–H and O–H groups in total. The summed E-state index contributed by atoms with van der Waals surface area (Å²) in [5.74, 6) is -0.972. The van der Waals surface area contributed by atoms with Gasteiger partial charge in [-0.05, 0) is 0 Å². The minimum absolute atomic E-state index is 0. The summed E-state index contributed by atoms with van der Waals surface area (Å²) >= 11 is 2.83. The first-order chi connectivity index (χ1) is 3.64. The fourth-order valence-electron chi connectivity index (χ4n) is 0. The third-order valence-corrected chi connectivity index (χ3v) is 0.494. The number of hydrogen-bond donors (Lipinski definition) is 1. The van der Waals surface area contributed by atoms with E-state index in [1.165, 1.54) is 0 Å². The van der Waals surface area contributed by atoms with Gasteiger partial charge in [-0.2, -0.15) is 4.21 Å². The van der Waals surface area contributed by atoms with Crippen LogP contribution in [-0.2, 0) is 17.3 Å². The van der Waals surface area contributed by atoms with Gasteiger partial charge in [-0.1, -0.05) is 13.8 Å². The number of hydrogen-bond acceptors (Lipinski definition) is 3. The molecule has 0 aromatic rings. The summed E-state index contributed by atoms with van der Waals surface area (Å²) in [5.41, 5.74) is 0. The van der Waals surface area contributed by atoms with E-state index in [1.807, 2.05) is 0 Å². The molecule has 0 saturated heterocycles. The van der Waals surface area contributed by atoms with Crippen LogP contribution in [-0.4, -0.2) is 66.7 Å². The minimum atomic E-state index is -0.741. The van der Waals surface area contributed by atoms with Crippen molar-refractivity contribution in [2.75, 3.05) is 0 Å². The molecule has 0 aliphatic heterocycles. The van der Waals surface area contributed by atoms with E-state index in [4.69, 9.17) is 9.32 Å². The van der Waals surface area contributed by atoms with E-state index in [0.717, 1.165) is 0 Å². The Kier molecular flexibility index (Phi) is 21.9. The molecule has 0 aromatic heterocycles. The number of carbonyl (C=O) groups is 1. The summed E-state index contributed by atoms with van der Waals surface area (Å²) in [7, 11) is 0. The van der Waals surface area contributed by atoms with Crippen molar-refractivity contribution in [2.45, 2.75) is 13.8 Å². The standard InChI is InChI=1S/C4H8O2.K.OS.H/c1-3(2)4(5)6;;1-2;/h3H,1-2H3,(H,5,6);;;. The van der Waals surface area contributed by atoms with E-state index in [1.54, 1.807) is 13.8 Å². The molecule has 0 atom stereocenters. The van der Waals surface area contributed by atoms with Gasteiger partial charge in [0.25, 0.3) is 0 Å². The average Bonchev–Trinajstić information content (AvgIpc) is 1.72. The van der Waals surface area contributed by atoms with Crippen molar-refractivity contribution in [3.05, 3.63) is 0 Å². The van der Waals surface area contributed by atoms with Crippen molar-refractivity contribution in [3.8, 4) is 0 Å². The Labute approximate surface area is 102 Å². The summed E-state index contributed by atoms with van der Waals surface area (Å²) in [5, 5.41) is 7.99. The van der Waals surface area contributed by atoms with Crippen LogP contribution in [0.3, 0.4) is 0 Å². The van der Waals surface area contributed by atoms with Crippen LogP contribution >= 0.6 is 0 Å². The number of aliphatic carboxylic acids is 1. The van der Waals surface area contributed by atoms with Gasteiger partial charge in [0.1, 0.15) is 0 Å². The quantitative estimate of drug-likeness (QED) is 0.559. The van der Waals surface area contributed by atoms with Crippen LogP contribution in [0.4, 0.5) is 0 Å². The molecule has 0 unspecified atom stereocenters. The molecule has 0 bridgehead atoms. The van der Waals surface area contributed by atoms with Crippen LogP contribution in [0.15, 0.2) is 0 Å². The molecule has 0 amide bonds. The van der Waals surface area contributed by atoms with E-state index >= 15 is 0 Å².